The lowest BCUT2D eigenvalue weighted by Crippen LogP contribution is -2.18. The molecule has 0 heterocycles. The summed E-state index contributed by atoms with van der Waals surface area (Å²) in [6.45, 7) is 4.85. The molecule has 1 heteroatoms. The third-order valence-corrected chi connectivity index (χ3v) is 13.5. The molecule has 6 aromatic carbocycles. The molecule has 2 bridgehead atoms. The van der Waals surface area contributed by atoms with Crippen molar-refractivity contribution in [2.45, 2.75) is 88.9 Å². The van der Waals surface area contributed by atoms with E-state index in [1.165, 1.54) is 125 Å². The second kappa shape index (κ2) is 12.3. The summed E-state index contributed by atoms with van der Waals surface area (Å²) in [6.07, 6.45) is 12.3. The van der Waals surface area contributed by atoms with Gasteiger partial charge in [0.15, 0.2) is 0 Å². The van der Waals surface area contributed by atoms with Gasteiger partial charge in [0.05, 0.1) is 0 Å². The number of benzene rings is 6. The smallest absolute Gasteiger partial charge is 0.0496 e. The third kappa shape index (κ3) is 5.18. The Balaban J connectivity index is 1.10. The van der Waals surface area contributed by atoms with Gasteiger partial charge in [-0.05, 0) is 147 Å². The normalized spacial score (nSPS) is 21.9. The van der Waals surface area contributed by atoms with E-state index in [4.69, 9.17) is 0 Å². The Bertz CT molecular complexity index is 2250. The van der Waals surface area contributed by atoms with Crippen molar-refractivity contribution in [2.24, 2.45) is 11.8 Å². The Labute approximate surface area is 304 Å². The van der Waals surface area contributed by atoms with Crippen molar-refractivity contribution in [1.29, 1.82) is 0 Å². The molecule has 6 aromatic rings. The van der Waals surface area contributed by atoms with E-state index in [0.29, 0.717) is 5.92 Å². The monoisotopic (exact) mass is 663 g/mol. The Kier molecular flexibility index (Phi) is 7.49. The van der Waals surface area contributed by atoms with E-state index in [9.17, 15) is 0 Å². The van der Waals surface area contributed by atoms with Gasteiger partial charge in [0.25, 0.3) is 0 Å². The summed E-state index contributed by atoms with van der Waals surface area (Å²) in [5.41, 5.74) is 15.0. The van der Waals surface area contributed by atoms with E-state index in [2.05, 4.69) is 146 Å². The van der Waals surface area contributed by atoms with Crippen molar-refractivity contribution in [3.63, 3.8) is 0 Å². The van der Waals surface area contributed by atoms with Gasteiger partial charge in [-0.15, -0.1) is 0 Å². The van der Waals surface area contributed by atoms with Crippen LogP contribution in [-0.4, -0.2) is 0 Å². The highest BCUT2D eigenvalue weighted by molar-refractivity contribution is 5.96. The minimum absolute atomic E-state index is 0.117. The lowest BCUT2D eigenvalue weighted by Gasteiger charge is -2.33. The van der Waals surface area contributed by atoms with E-state index in [0.717, 1.165) is 17.8 Å². The van der Waals surface area contributed by atoms with Crippen LogP contribution in [0.15, 0.2) is 127 Å². The summed E-state index contributed by atoms with van der Waals surface area (Å²) in [5, 5.41) is 2.58. The molecule has 0 N–H and O–H groups in total. The molecule has 4 aliphatic carbocycles. The van der Waals surface area contributed by atoms with Gasteiger partial charge in [0, 0.05) is 22.5 Å². The zero-order chi connectivity index (χ0) is 34.1. The fourth-order valence-corrected chi connectivity index (χ4v) is 10.9. The molecule has 0 aromatic heterocycles. The number of hydrogen-bond acceptors (Lipinski definition) is 1. The predicted octanol–water partition coefficient (Wildman–Crippen LogP) is 14.2. The molecule has 254 valence electrons. The second-order valence-corrected chi connectivity index (χ2v) is 16.7. The highest BCUT2D eigenvalue weighted by atomic mass is 15.1. The van der Waals surface area contributed by atoms with Crippen molar-refractivity contribution in [1.82, 2.24) is 0 Å². The Morgan fingerprint density at radius 2 is 1.35 bits per heavy atom. The minimum atomic E-state index is -0.117. The van der Waals surface area contributed by atoms with Crippen molar-refractivity contribution in [3.8, 4) is 22.3 Å². The Morgan fingerprint density at radius 3 is 2.16 bits per heavy atom. The molecule has 0 aliphatic heterocycles. The lowest BCUT2D eigenvalue weighted by atomic mass is 9.81. The van der Waals surface area contributed by atoms with Crippen LogP contribution < -0.4 is 4.90 Å². The van der Waals surface area contributed by atoms with Gasteiger partial charge in [0.1, 0.15) is 0 Å². The number of rotatable bonds is 6. The highest BCUT2D eigenvalue weighted by Crippen LogP contribution is 2.55. The van der Waals surface area contributed by atoms with Crippen molar-refractivity contribution < 1.29 is 0 Å². The van der Waals surface area contributed by atoms with Crippen LogP contribution in [0.3, 0.4) is 0 Å². The topological polar surface area (TPSA) is 3.24 Å². The molecule has 3 unspecified atom stereocenters. The molecule has 1 nitrogen and oxygen atoms in total. The number of para-hydroxylation sites is 1. The second-order valence-electron chi connectivity index (χ2n) is 16.7. The first-order chi connectivity index (χ1) is 25.0. The molecule has 0 saturated heterocycles. The van der Waals surface area contributed by atoms with Gasteiger partial charge in [-0.1, -0.05) is 131 Å². The Morgan fingerprint density at radius 1 is 0.569 bits per heavy atom. The molecule has 3 saturated carbocycles. The van der Waals surface area contributed by atoms with Gasteiger partial charge in [-0.25, -0.2) is 0 Å². The minimum Gasteiger partial charge on any atom is -0.310 e. The van der Waals surface area contributed by atoms with E-state index in [-0.39, 0.29) is 5.41 Å². The summed E-state index contributed by atoms with van der Waals surface area (Å²) < 4.78 is 0. The van der Waals surface area contributed by atoms with E-state index < -0.39 is 0 Å². The van der Waals surface area contributed by atoms with Gasteiger partial charge in [-0.3, -0.25) is 0 Å². The number of nitrogens with zero attached hydrogens (tertiary/aromatic N) is 1. The molecule has 0 spiro atoms. The summed E-state index contributed by atoms with van der Waals surface area (Å²) in [6, 6.07) is 49.1. The lowest BCUT2D eigenvalue weighted by molar-refractivity contribution is 0.420. The highest BCUT2D eigenvalue weighted by Gasteiger charge is 2.40. The summed E-state index contributed by atoms with van der Waals surface area (Å²) in [5.74, 6) is 3.21. The van der Waals surface area contributed by atoms with Crippen molar-refractivity contribution in [3.05, 3.63) is 150 Å². The first-order valence-electron chi connectivity index (χ1n) is 19.8. The zero-order valence-corrected chi connectivity index (χ0v) is 30.2. The van der Waals surface area contributed by atoms with Crippen LogP contribution in [0.1, 0.15) is 106 Å². The van der Waals surface area contributed by atoms with Gasteiger partial charge in [-0.2, -0.15) is 0 Å². The van der Waals surface area contributed by atoms with Gasteiger partial charge >= 0.3 is 0 Å². The molecular weight excluding hydrogens is 615 g/mol. The van der Waals surface area contributed by atoms with E-state index in [1.807, 2.05) is 0 Å². The standard InChI is InChI=1S/C50H49N/c1-50(2)46-17-10-16-43(39-22-21-34-11-6-7-14-37(34)31-39)49(46)44-28-27-41(32-47(44)50)51(48-18-9-8-15-42(48)35-12-4-3-5-13-35)40-25-23-36(24-26-40)45-30-33-19-20-38(45)29-33/h6-11,14-18,21-28,31-33,35,38,45H,3-5,12-13,19-20,29-30H2,1-2H3. The van der Waals surface area contributed by atoms with Crippen LogP contribution in [0, 0.1) is 11.8 Å². The van der Waals surface area contributed by atoms with Crippen LogP contribution in [0.5, 0.6) is 0 Å². The van der Waals surface area contributed by atoms with E-state index >= 15 is 0 Å². The fourth-order valence-electron chi connectivity index (χ4n) is 10.9. The molecular formula is C50H49N. The maximum absolute atomic E-state index is 2.60. The third-order valence-electron chi connectivity index (χ3n) is 13.5. The van der Waals surface area contributed by atoms with Gasteiger partial charge in [0.2, 0.25) is 0 Å². The van der Waals surface area contributed by atoms with Crippen LogP contribution in [0.25, 0.3) is 33.0 Å². The molecule has 51 heavy (non-hydrogen) atoms. The number of hydrogen-bond donors (Lipinski definition) is 0. The fraction of sp³-hybridized carbons (Fsp3) is 0.320. The summed E-state index contributed by atoms with van der Waals surface area (Å²) >= 11 is 0. The van der Waals surface area contributed by atoms with Crippen molar-refractivity contribution >= 4 is 27.8 Å². The van der Waals surface area contributed by atoms with Crippen LogP contribution in [0.4, 0.5) is 17.1 Å². The first-order valence-corrected chi connectivity index (χ1v) is 19.8. The maximum atomic E-state index is 2.60. The molecule has 3 fully saturated rings. The van der Waals surface area contributed by atoms with Crippen LogP contribution >= 0.6 is 0 Å². The van der Waals surface area contributed by atoms with Crippen molar-refractivity contribution in [2.75, 3.05) is 4.90 Å². The average Bonchev–Trinajstić information content (AvgIpc) is 3.88. The molecule has 0 radical (unpaired) electrons. The molecule has 3 atom stereocenters. The number of anilines is 3. The van der Waals surface area contributed by atoms with Crippen LogP contribution in [0.2, 0.25) is 0 Å². The first kappa shape index (κ1) is 31.1. The average molecular weight is 664 g/mol. The Hall–Kier alpha value is -4.62. The number of fused-ring (bicyclic) bond motifs is 6. The summed E-state index contributed by atoms with van der Waals surface area (Å²) in [4.78, 5) is 2.60. The van der Waals surface area contributed by atoms with Crippen LogP contribution in [-0.2, 0) is 5.41 Å². The maximum Gasteiger partial charge on any atom is 0.0496 e. The molecule has 4 aliphatic rings. The summed E-state index contributed by atoms with van der Waals surface area (Å²) in [7, 11) is 0. The predicted molar refractivity (Wildman–Crippen MR) is 216 cm³/mol. The van der Waals surface area contributed by atoms with E-state index in [1.54, 1.807) is 5.56 Å². The molecule has 0 amide bonds. The zero-order valence-electron chi connectivity index (χ0n) is 30.2. The quantitative estimate of drug-likeness (QED) is 0.171. The SMILES string of the molecule is CC1(C)c2cc(N(c3ccc(C4CC5CCC4C5)cc3)c3ccccc3C3CCCCC3)ccc2-c2c(-c3ccc4ccccc4c3)cccc21. The van der Waals surface area contributed by atoms with Gasteiger partial charge < -0.3 is 4.90 Å². The largest absolute Gasteiger partial charge is 0.310 e. The molecule has 10 rings (SSSR count).